The lowest BCUT2D eigenvalue weighted by atomic mass is 10.1. The second-order valence-electron chi connectivity index (χ2n) is 7.47. The molecule has 1 fully saturated rings. The van der Waals surface area contributed by atoms with Gasteiger partial charge in [0.1, 0.15) is 11.6 Å². The number of nitriles is 1. The van der Waals surface area contributed by atoms with Crippen LogP contribution in [-0.4, -0.2) is 47.5 Å². The Morgan fingerprint density at radius 1 is 1.17 bits per heavy atom. The van der Waals surface area contributed by atoms with E-state index in [1.807, 2.05) is 11.8 Å². The Kier molecular flexibility index (Phi) is 7.50. The summed E-state index contributed by atoms with van der Waals surface area (Å²) >= 11 is 6.78. The number of amides is 1. The van der Waals surface area contributed by atoms with Crippen molar-refractivity contribution in [2.75, 3.05) is 19.7 Å². The molecule has 158 valence electrons. The molecule has 0 bridgehead atoms. The number of benzene rings is 2. The van der Waals surface area contributed by atoms with E-state index in [1.165, 1.54) is 12.1 Å². The summed E-state index contributed by atoms with van der Waals surface area (Å²) in [5.41, 5.74) is 1.54. The molecule has 0 aliphatic carbocycles. The first-order valence-corrected chi connectivity index (χ1v) is 11.2. The van der Waals surface area contributed by atoms with Crippen LogP contribution < -0.4 is 4.74 Å². The van der Waals surface area contributed by atoms with Crippen LogP contribution in [0, 0.1) is 17.1 Å². The van der Waals surface area contributed by atoms with Crippen molar-refractivity contribution in [1.29, 1.82) is 5.26 Å². The highest BCUT2D eigenvalue weighted by Crippen LogP contribution is 2.34. The standard InChI is InChI=1S/C22H22Br2FN3O2/c1-14-11-28(15(2)10-27(14)12-16-3-5-18(25)6-4-16)21(29)13-30-22-19(23)7-17(9-26)8-20(22)24/h3-8,14-15H,10-13H2,1-2H3/t14-,15+/m1/s1. The van der Waals surface area contributed by atoms with Crippen molar-refractivity contribution in [3.63, 3.8) is 0 Å². The number of nitrogens with zero attached hydrogens (tertiary/aromatic N) is 3. The van der Waals surface area contributed by atoms with Crippen LogP contribution in [0.2, 0.25) is 0 Å². The van der Waals surface area contributed by atoms with Gasteiger partial charge < -0.3 is 9.64 Å². The largest absolute Gasteiger partial charge is 0.481 e. The summed E-state index contributed by atoms with van der Waals surface area (Å²) in [6.45, 7) is 6.07. The van der Waals surface area contributed by atoms with E-state index in [4.69, 9.17) is 10.00 Å². The maximum absolute atomic E-state index is 13.1. The predicted octanol–water partition coefficient (Wildman–Crippen LogP) is 4.72. The number of ether oxygens (including phenoxy) is 1. The Morgan fingerprint density at radius 3 is 2.40 bits per heavy atom. The van der Waals surface area contributed by atoms with Gasteiger partial charge in [0, 0.05) is 31.7 Å². The van der Waals surface area contributed by atoms with Crippen molar-refractivity contribution in [2.24, 2.45) is 0 Å². The van der Waals surface area contributed by atoms with E-state index in [2.05, 4.69) is 49.8 Å². The Morgan fingerprint density at radius 2 is 1.80 bits per heavy atom. The molecule has 8 heteroatoms. The van der Waals surface area contributed by atoms with Gasteiger partial charge in [0.05, 0.1) is 20.6 Å². The average Bonchev–Trinajstić information content (AvgIpc) is 2.71. The Hall–Kier alpha value is -1.95. The van der Waals surface area contributed by atoms with Gasteiger partial charge in [-0.05, 0) is 75.5 Å². The fourth-order valence-electron chi connectivity index (χ4n) is 3.57. The van der Waals surface area contributed by atoms with E-state index in [-0.39, 0.29) is 30.4 Å². The molecule has 0 spiro atoms. The first-order chi connectivity index (χ1) is 14.3. The molecule has 1 aliphatic rings. The minimum absolute atomic E-state index is 0.0330. The maximum Gasteiger partial charge on any atom is 0.260 e. The molecule has 1 heterocycles. The number of halogens is 3. The van der Waals surface area contributed by atoms with Crippen molar-refractivity contribution >= 4 is 37.8 Å². The van der Waals surface area contributed by atoms with Crippen LogP contribution in [-0.2, 0) is 11.3 Å². The van der Waals surface area contributed by atoms with Crippen molar-refractivity contribution in [1.82, 2.24) is 9.80 Å². The number of carbonyl (C=O) groups is 1. The first-order valence-electron chi connectivity index (χ1n) is 9.58. The summed E-state index contributed by atoms with van der Waals surface area (Å²) < 4.78 is 20.1. The highest BCUT2D eigenvalue weighted by molar-refractivity contribution is 9.11. The van der Waals surface area contributed by atoms with E-state index in [0.29, 0.717) is 26.8 Å². The Bertz CT molecular complexity index is 939. The first kappa shape index (κ1) is 22.7. The summed E-state index contributed by atoms with van der Waals surface area (Å²) in [5.74, 6) is 0.174. The van der Waals surface area contributed by atoms with Crippen LogP contribution in [0.3, 0.4) is 0 Å². The molecule has 0 saturated carbocycles. The lowest BCUT2D eigenvalue weighted by Gasteiger charge is -2.44. The van der Waals surface area contributed by atoms with E-state index < -0.39 is 0 Å². The molecule has 2 aromatic carbocycles. The van der Waals surface area contributed by atoms with Crippen LogP contribution >= 0.6 is 31.9 Å². The van der Waals surface area contributed by atoms with Gasteiger partial charge >= 0.3 is 0 Å². The van der Waals surface area contributed by atoms with Crippen LogP contribution in [0.4, 0.5) is 4.39 Å². The maximum atomic E-state index is 13.1. The number of carbonyl (C=O) groups excluding carboxylic acids is 1. The highest BCUT2D eigenvalue weighted by Gasteiger charge is 2.32. The molecule has 2 atom stereocenters. The monoisotopic (exact) mass is 537 g/mol. The quantitative estimate of drug-likeness (QED) is 0.552. The van der Waals surface area contributed by atoms with Gasteiger partial charge in [-0.25, -0.2) is 4.39 Å². The van der Waals surface area contributed by atoms with E-state index in [0.717, 1.165) is 18.7 Å². The van der Waals surface area contributed by atoms with Gasteiger partial charge in [-0.3, -0.25) is 9.69 Å². The number of hydrogen-bond acceptors (Lipinski definition) is 4. The lowest BCUT2D eigenvalue weighted by molar-refractivity contribution is -0.139. The molecule has 0 radical (unpaired) electrons. The minimum Gasteiger partial charge on any atom is -0.481 e. The molecule has 1 aliphatic heterocycles. The fourth-order valence-corrected chi connectivity index (χ4v) is 4.98. The van der Waals surface area contributed by atoms with Crippen LogP contribution in [0.25, 0.3) is 0 Å². The van der Waals surface area contributed by atoms with E-state index in [1.54, 1.807) is 24.3 Å². The molecular weight excluding hydrogens is 517 g/mol. The molecule has 3 rings (SSSR count). The second kappa shape index (κ2) is 9.90. The van der Waals surface area contributed by atoms with Gasteiger partial charge in [0.15, 0.2) is 6.61 Å². The zero-order chi connectivity index (χ0) is 21.8. The third kappa shape index (κ3) is 5.39. The predicted molar refractivity (Wildman–Crippen MR) is 119 cm³/mol. The number of rotatable bonds is 5. The van der Waals surface area contributed by atoms with Crippen molar-refractivity contribution in [3.05, 3.63) is 62.3 Å². The molecule has 0 aromatic heterocycles. The van der Waals surface area contributed by atoms with Crippen LogP contribution in [0.15, 0.2) is 45.3 Å². The van der Waals surface area contributed by atoms with Crippen LogP contribution in [0.5, 0.6) is 5.75 Å². The average molecular weight is 539 g/mol. The molecule has 1 amide bonds. The van der Waals surface area contributed by atoms with Gasteiger partial charge in [-0.1, -0.05) is 12.1 Å². The zero-order valence-electron chi connectivity index (χ0n) is 16.7. The fraction of sp³-hybridized carbons (Fsp3) is 0.364. The molecule has 0 unspecified atom stereocenters. The van der Waals surface area contributed by atoms with Crippen LogP contribution in [0.1, 0.15) is 25.0 Å². The van der Waals surface area contributed by atoms with E-state index >= 15 is 0 Å². The Labute approximate surface area is 192 Å². The SMILES string of the molecule is C[C@@H]1CN(C(=O)COc2c(Br)cc(C#N)cc2Br)[C@@H](C)CN1Cc1ccc(F)cc1. The smallest absolute Gasteiger partial charge is 0.260 e. The topological polar surface area (TPSA) is 56.6 Å². The summed E-state index contributed by atoms with van der Waals surface area (Å²) in [4.78, 5) is 17.0. The number of hydrogen-bond donors (Lipinski definition) is 0. The molecule has 5 nitrogen and oxygen atoms in total. The minimum atomic E-state index is -0.240. The van der Waals surface area contributed by atoms with E-state index in [9.17, 15) is 9.18 Å². The number of piperazine rings is 1. The summed E-state index contributed by atoms with van der Waals surface area (Å²) in [5, 5.41) is 9.03. The third-order valence-electron chi connectivity index (χ3n) is 5.20. The highest BCUT2D eigenvalue weighted by atomic mass is 79.9. The molecule has 30 heavy (non-hydrogen) atoms. The summed E-state index contributed by atoms with van der Waals surface area (Å²) in [7, 11) is 0. The van der Waals surface area contributed by atoms with Gasteiger partial charge in [0.2, 0.25) is 0 Å². The normalized spacial score (nSPS) is 19.4. The second-order valence-corrected chi connectivity index (χ2v) is 9.18. The van der Waals surface area contributed by atoms with Gasteiger partial charge in [0.25, 0.3) is 5.91 Å². The molecular formula is C22H22Br2FN3O2. The third-order valence-corrected chi connectivity index (χ3v) is 6.38. The van der Waals surface area contributed by atoms with Crippen molar-refractivity contribution in [2.45, 2.75) is 32.5 Å². The Balaban J connectivity index is 1.60. The van der Waals surface area contributed by atoms with Gasteiger partial charge in [-0.15, -0.1) is 0 Å². The molecule has 0 N–H and O–H groups in total. The summed E-state index contributed by atoms with van der Waals surface area (Å²) in [6, 6.07) is 12.1. The lowest BCUT2D eigenvalue weighted by Crippen LogP contribution is -2.58. The summed E-state index contributed by atoms with van der Waals surface area (Å²) in [6.07, 6.45) is 0. The van der Waals surface area contributed by atoms with Gasteiger partial charge in [-0.2, -0.15) is 5.26 Å². The zero-order valence-corrected chi connectivity index (χ0v) is 19.9. The van der Waals surface area contributed by atoms with Crippen molar-refractivity contribution in [3.8, 4) is 11.8 Å². The molecule has 1 saturated heterocycles. The molecule has 2 aromatic rings. The van der Waals surface area contributed by atoms with Crippen molar-refractivity contribution < 1.29 is 13.9 Å².